The largest absolute Gasteiger partial charge is 0.279 e. The number of pyridine rings is 1. The van der Waals surface area contributed by atoms with Crippen LogP contribution in [0, 0.1) is 11.3 Å². The van der Waals surface area contributed by atoms with E-state index in [9.17, 15) is 5.26 Å². The van der Waals surface area contributed by atoms with E-state index in [2.05, 4.69) is 21.3 Å². The van der Waals surface area contributed by atoms with Gasteiger partial charge in [0.2, 0.25) is 0 Å². The van der Waals surface area contributed by atoms with Crippen LogP contribution >= 0.6 is 0 Å². The summed E-state index contributed by atoms with van der Waals surface area (Å²) in [5, 5.41) is 18.7. The van der Waals surface area contributed by atoms with Crippen LogP contribution in [-0.4, -0.2) is 19.6 Å². The Kier molecular flexibility index (Phi) is 1.83. The van der Waals surface area contributed by atoms with Crippen molar-refractivity contribution in [2.45, 2.75) is 0 Å². The molecule has 0 saturated carbocycles. The third-order valence-corrected chi connectivity index (χ3v) is 3.19. The van der Waals surface area contributed by atoms with Crippen molar-refractivity contribution in [1.82, 2.24) is 19.6 Å². The van der Waals surface area contributed by atoms with Gasteiger partial charge in [-0.05, 0) is 24.3 Å². The lowest BCUT2D eigenvalue weighted by Crippen LogP contribution is -1.96. The molecule has 0 unspecified atom stereocenters. The first-order valence-corrected chi connectivity index (χ1v) is 5.81. The number of nitrogens with zero attached hydrogens (tertiary/aromatic N) is 5. The lowest BCUT2D eigenvalue weighted by molar-refractivity contribution is 1.04. The Labute approximate surface area is 107 Å². The summed E-state index contributed by atoms with van der Waals surface area (Å²) in [6, 6.07) is 13.6. The molecule has 5 nitrogen and oxygen atoms in total. The van der Waals surface area contributed by atoms with Crippen molar-refractivity contribution in [2.75, 3.05) is 0 Å². The van der Waals surface area contributed by atoms with E-state index in [4.69, 9.17) is 0 Å². The average molecular weight is 245 g/mol. The number of benzene rings is 1. The molecule has 3 heterocycles. The van der Waals surface area contributed by atoms with Crippen LogP contribution in [0.25, 0.3) is 27.6 Å². The monoisotopic (exact) mass is 245 g/mol. The minimum absolute atomic E-state index is 0.497. The first-order chi connectivity index (χ1) is 9.40. The molecule has 19 heavy (non-hydrogen) atoms. The molecule has 0 aliphatic rings. The second-order valence-corrected chi connectivity index (χ2v) is 4.21. The van der Waals surface area contributed by atoms with Gasteiger partial charge in [0.05, 0.1) is 5.52 Å². The molecule has 0 N–H and O–H groups in total. The van der Waals surface area contributed by atoms with Crippen LogP contribution in [0.5, 0.6) is 0 Å². The maximum Gasteiger partial charge on any atom is 0.170 e. The molecule has 0 amide bonds. The molecule has 88 valence electrons. The van der Waals surface area contributed by atoms with Crippen molar-refractivity contribution >= 4 is 27.6 Å². The number of para-hydroxylation sites is 1. The minimum atomic E-state index is 0.497. The van der Waals surface area contributed by atoms with Crippen molar-refractivity contribution in [3.8, 4) is 6.07 Å². The van der Waals surface area contributed by atoms with Gasteiger partial charge in [0.15, 0.2) is 11.3 Å². The van der Waals surface area contributed by atoms with Crippen LogP contribution < -0.4 is 0 Å². The van der Waals surface area contributed by atoms with Gasteiger partial charge in [-0.1, -0.05) is 12.1 Å². The Balaban J connectivity index is 2.41. The topological polar surface area (TPSA) is 66.9 Å². The number of nitriles is 1. The number of rotatable bonds is 0. The molecule has 0 spiro atoms. The quantitative estimate of drug-likeness (QED) is 0.476. The molecule has 0 radical (unpaired) electrons. The SMILES string of the molecule is N#Cc1c2ncccc2c2nnc3ccccc3n12. The fourth-order valence-electron chi connectivity index (χ4n) is 2.38. The van der Waals surface area contributed by atoms with Crippen LogP contribution in [0.15, 0.2) is 42.6 Å². The predicted molar refractivity (Wildman–Crippen MR) is 70.5 cm³/mol. The first-order valence-electron chi connectivity index (χ1n) is 5.81. The van der Waals surface area contributed by atoms with Gasteiger partial charge in [-0.25, -0.2) is 0 Å². The van der Waals surface area contributed by atoms with Crippen LogP contribution in [0.2, 0.25) is 0 Å². The molecule has 0 aliphatic heterocycles. The summed E-state index contributed by atoms with van der Waals surface area (Å²) in [6.45, 7) is 0. The van der Waals surface area contributed by atoms with Gasteiger partial charge in [0.25, 0.3) is 0 Å². The average Bonchev–Trinajstić information content (AvgIpc) is 2.81. The van der Waals surface area contributed by atoms with E-state index in [0.717, 1.165) is 16.4 Å². The highest BCUT2D eigenvalue weighted by Gasteiger charge is 2.15. The molecule has 0 fully saturated rings. The summed E-state index contributed by atoms with van der Waals surface area (Å²) in [7, 11) is 0. The Hall–Kier alpha value is -3.00. The van der Waals surface area contributed by atoms with Gasteiger partial charge < -0.3 is 0 Å². The van der Waals surface area contributed by atoms with Crippen LogP contribution in [0.3, 0.4) is 0 Å². The second-order valence-electron chi connectivity index (χ2n) is 4.21. The van der Waals surface area contributed by atoms with Crippen LogP contribution in [0.4, 0.5) is 0 Å². The highest BCUT2D eigenvalue weighted by atomic mass is 15.2. The van der Waals surface area contributed by atoms with E-state index in [0.29, 0.717) is 16.9 Å². The van der Waals surface area contributed by atoms with Gasteiger partial charge in [-0.2, -0.15) is 5.26 Å². The zero-order valence-corrected chi connectivity index (χ0v) is 9.78. The van der Waals surface area contributed by atoms with Gasteiger partial charge in [0, 0.05) is 11.6 Å². The minimum Gasteiger partial charge on any atom is -0.279 e. The van der Waals surface area contributed by atoms with E-state index in [-0.39, 0.29) is 0 Å². The molecular weight excluding hydrogens is 238 g/mol. The molecule has 4 rings (SSSR count). The zero-order chi connectivity index (χ0) is 12.8. The van der Waals surface area contributed by atoms with E-state index in [1.807, 2.05) is 40.8 Å². The van der Waals surface area contributed by atoms with Crippen molar-refractivity contribution in [2.24, 2.45) is 0 Å². The third kappa shape index (κ3) is 1.20. The standard InChI is InChI=1S/C14H7N5/c15-8-12-13-9(4-3-7-16-13)14-18-17-10-5-1-2-6-11(10)19(12)14/h1-7H. The summed E-state index contributed by atoms with van der Waals surface area (Å²) >= 11 is 0. The lowest BCUT2D eigenvalue weighted by Gasteiger charge is -2.00. The molecule has 0 aliphatic carbocycles. The van der Waals surface area contributed by atoms with Gasteiger partial charge in [-0.3, -0.25) is 9.38 Å². The molecule has 0 bridgehead atoms. The number of fused-ring (bicyclic) bond motifs is 5. The lowest BCUT2D eigenvalue weighted by atomic mass is 10.3. The summed E-state index contributed by atoms with van der Waals surface area (Å²) in [6.07, 6.45) is 1.68. The summed E-state index contributed by atoms with van der Waals surface area (Å²) < 4.78 is 1.82. The van der Waals surface area contributed by atoms with E-state index in [1.165, 1.54) is 0 Å². The third-order valence-electron chi connectivity index (χ3n) is 3.19. The van der Waals surface area contributed by atoms with Crippen molar-refractivity contribution in [3.63, 3.8) is 0 Å². The summed E-state index contributed by atoms with van der Waals surface area (Å²) in [5.74, 6) is 0. The van der Waals surface area contributed by atoms with E-state index >= 15 is 0 Å². The highest BCUT2D eigenvalue weighted by Crippen LogP contribution is 2.25. The molecular formula is C14H7N5. The molecule has 1 aromatic carbocycles. The second kappa shape index (κ2) is 3.50. The molecule has 5 heteroatoms. The zero-order valence-electron chi connectivity index (χ0n) is 9.78. The molecule has 3 aromatic heterocycles. The molecule has 0 saturated heterocycles. The van der Waals surface area contributed by atoms with Crippen molar-refractivity contribution in [3.05, 3.63) is 48.3 Å². The maximum atomic E-state index is 9.42. The Morgan fingerprint density at radius 1 is 1.05 bits per heavy atom. The Morgan fingerprint density at radius 2 is 1.95 bits per heavy atom. The highest BCUT2D eigenvalue weighted by molar-refractivity contribution is 5.99. The summed E-state index contributed by atoms with van der Waals surface area (Å²) in [4.78, 5) is 4.28. The fraction of sp³-hybridized carbons (Fsp3) is 0. The van der Waals surface area contributed by atoms with E-state index in [1.54, 1.807) is 6.20 Å². The van der Waals surface area contributed by atoms with Crippen LogP contribution in [-0.2, 0) is 0 Å². The molecule has 4 aromatic rings. The van der Waals surface area contributed by atoms with Gasteiger partial charge >= 0.3 is 0 Å². The van der Waals surface area contributed by atoms with Crippen LogP contribution in [0.1, 0.15) is 5.69 Å². The molecule has 0 atom stereocenters. The maximum absolute atomic E-state index is 9.42. The van der Waals surface area contributed by atoms with Crippen molar-refractivity contribution < 1.29 is 0 Å². The number of hydrogen-bond acceptors (Lipinski definition) is 4. The normalized spacial score (nSPS) is 11.1. The smallest absolute Gasteiger partial charge is 0.170 e. The summed E-state index contributed by atoms with van der Waals surface area (Å²) in [5.41, 5.74) is 3.44. The number of aromatic nitrogens is 4. The number of hydrogen-bond donors (Lipinski definition) is 0. The predicted octanol–water partition coefficient (Wildman–Crippen LogP) is 2.30. The van der Waals surface area contributed by atoms with Gasteiger partial charge in [-0.15, -0.1) is 10.2 Å². The van der Waals surface area contributed by atoms with Gasteiger partial charge in [0.1, 0.15) is 17.1 Å². The Morgan fingerprint density at radius 3 is 2.84 bits per heavy atom. The first kappa shape index (κ1) is 9.97. The Bertz CT molecular complexity index is 978. The van der Waals surface area contributed by atoms with Crippen molar-refractivity contribution in [1.29, 1.82) is 5.26 Å². The van der Waals surface area contributed by atoms with E-state index < -0.39 is 0 Å². The fourth-order valence-corrected chi connectivity index (χ4v) is 2.38.